The van der Waals surface area contributed by atoms with Crippen LogP contribution in [0.15, 0.2) is 81.2 Å². The lowest BCUT2D eigenvalue weighted by molar-refractivity contribution is -0.384. The Hall–Kier alpha value is -4.53. The number of nitro benzene ring substituents is 1. The number of benzene rings is 3. The van der Waals surface area contributed by atoms with Crippen molar-refractivity contribution in [2.75, 3.05) is 20.4 Å². The Balaban J connectivity index is 1.88. The second-order valence-corrected chi connectivity index (χ2v) is 13.1. The van der Waals surface area contributed by atoms with Gasteiger partial charge in [-0.2, -0.15) is 0 Å². The summed E-state index contributed by atoms with van der Waals surface area (Å²) >= 11 is 1.06. The third-order valence-corrected chi connectivity index (χ3v) is 9.22. The van der Waals surface area contributed by atoms with E-state index in [0.29, 0.717) is 16.0 Å². The molecular formula is C29H24F2N4O6S2. The molecule has 2 heterocycles. The monoisotopic (exact) mass is 626 g/mol. The van der Waals surface area contributed by atoms with Crippen molar-refractivity contribution in [3.8, 4) is 16.1 Å². The number of halogens is 2. The van der Waals surface area contributed by atoms with Crippen molar-refractivity contribution in [3.05, 3.63) is 120 Å². The van der Waals surface area contributed by atoms with Gasteiger partial charge in [-0.1, -0.05) is 6.07 Å². The van der Waals surface area contributed by atoms with E-state index in [1.165, 1.54) is 54.6 Å². The molecule has 0 saturated carbocycles. The van der Waals surface area contributed by atoms with Gasteiger partial charge >= 0.3 is 5.69 Å². The second-order valence-electron chi connectivity index (χ2n) is 10.1. The Morgan fingerprint density at radius 1 is 0.930 bits per heavy atom. The zero-order valence-electron chi connectivity index (χ0n) is 23.1. The summed E-state index contributed by atoms with van der Waals surface area (Å²) in [5.74, 6) is -1.76. The molecule has 0 saturated heterocycles. The Kier molecular flexibility index (Phi) is 7.86. The number of hydrogen-bond acceptors (Lipinski definition) is 8. The topological polar surface area (TPSA) is 125 Å². The van der Waals surface area contributed by atoms with Gasteiger partial charge in [-0.05, 0) is 73.8 Å². The van der Waals surface area contributed by atoms with Crippen LogP contribution < -0.4 is 11.2 Å². The fraction of sp³-hybridized carbons (Fsp3) is 0.172. The molecule has 2 aromatic heterocycles. The summed E-state index contributed by atoms with van der Waals surface area (Å²) in [7, 11) is -0.0229. The molecule has 3 aromatic carbocycles. The maximum Gasteiger partial charge on any atom is 0.337 e. The van der Waals surface area contributed by atoms with Crippen LogP contribution in [0.4, 0.5) is 14.5 Å². The average Bonchev–Trinajstić information content (AvgIpc) is 3.31. The summed E-state index contributed by atoms with van der Waals surface area (Å²) in [6.45, 7) is -0.321. The predicted octanol–water partition coefficient (Wildman–Crippen LogP) is 4.58. The molecule has 43 heavy (non-hydrogen) atoms. The molecule has 0 radical (unpaired) electrons. The number of sulfone groups is 1. The van der Waals surface area contributed by atoms with Crippen LogP contribution in [-0.2, 0) is 22.9 Å². The lowest BCUT2D eigenvalue weighted by Gasteiger charge is -2.15. The van der Waals surface area contributed by atoms with E-state index in [-0.39, 0.29) is 38.6 Å². The van der Waals surface area contributed by atoms with Gasteiger partial charge in [0, 0.05) is 35.4 Å². The molecule has 0 bridgehead atoms. The van der Waals surface area contributed by atoms with Crippen LogP contribution in [0.3, 0.4) is 0 Å². The molecule has 222 valence electrons. The van der Waals surface area contributed by atoms with Gasteiger partial charge in [0.25, 0.3) is 11.2 Å². The fourth-order valence-corrected chi connectivity index (χ4v) is 6.69. The molecule has 14 heteroatoms. The highest BCUT2D eigenvalue weighted by Crippen LogP contribution is 2.38. The first kappa shape index (κ1) is 29.9. The summed E-state index contributed by atoms with van der Waals surface area (Å²) in [6, 6.07) is 14.2. The molecule has 0 aliphatic heterocycles. The summed E-state index contributed by atoms with van der Waals surface area (Å²) in [6.07, 6.45) is 1.02. The first-order valence-corrected chi connectivity index (χ1v) is 15.4. The highest BCUT2D eigenvalue weighted by molar-refractivity contribution is 7.90. The minimum Gasteiger partial charge on any atom is -0.305 e. The van der Waals surface area contributed by atoms with E-state index in [4.69, 9.17) is 0 Å². The molecular weight excluding hydrogens is 602 g/mol. The van der Waals surface area contributed by atoms with E-state index in [0.717, 1.165) is 38.9 Å². The van der Waals surface area contributed by atoms with Gasteiger partial charge in [0.2, 0.25) is 0 Å². The zero-order chi connectivity index (χ0) is 31.2. The first-order valence-electron chi connectivity index (χ1n) is 12.7. The van der Waals surface area contributed by atoms with Gasteiger partial charge < -0.3 is 4.90 Å². The molecule has 5 aromatic rings. The third-order valence-electron chi connectivity index (χ3n) is 6.79. The molecule has 5 rings (SSSR count). The maximum atomic E-state index is 14.8. The SMILES string of the molecule is CN(C)Cc1c(-c2ccc([N+](=O)[O-])cc2)sc2c1c(=O)n(-c1ccc(S(C)(=O)=O)cc1)c(=O)n2Cc1c(F)cccc1F. The maximum absolute atomic E-state index is 14.8. The van der Waals surface area contributed by atoms with Gasteiger partial charge in [-0.15, -0.1) is 11.3 Å². The molecule has 0 atom stereocenters. The number of thiophene rings is 1. The molecule has 10 nitrogen and oxygen atoms in total. The van der Waals surface area contributed by atoms with E-state index in [1.807, 2.05) is 0 Å². The van der Waals surface area contributed by atoms with Gasteiger partial charge in [0.15, 0.2) is 9.84 Å². The van der Waals surface area contributed by atoms with Crippen molar-refractivity contribution < 1.29 is 22.1 Å². The van der Waals surface area contributed by atoms with Crippen LogP contribution in [0, 0.1) is 21.7 Å². The second kappa shape index (κ2) is 11.3. The molecule has 0 amide bonds. The highest BCUT2D eigenvalue weighted by Gasteiger charge is 2.25. The number of fused-ring (bicyclic) bond motifs is 1. The van der Waals surface area contributed by atoms with Crippen LogP contribution in [0.5, 0.6) is 0 Å². The zero-order valence-corrected chi connectivity index (χ0v) is 24.7. The summed E-state index contributed by atoms with van der Waals surface area (Å²) in [5.41, 5.74) is -1.00. The Labute approximate surface area is 247 Å². The minimum absolute atomic E-state index is 0.0246. The Morgan fingerprint density at radius 2 is 1.53 bits per heavy atom. The first-order chi connectivity index (χ1) is 20.3. The standard InChI is InChI=1S/C29H24F2N4O6S2/c1-32(2)15-22-25-27(36)34(18-11-13-20(14-12-18)43(3,40)41)29(37)33(16-21-23(30)5-4-6-24(21)31)28(25)42-26(22)17-7-9-19(10-8-17)35(38)39/h4-14H,15-16H2,1-3H3. The van der Waals surface area contributed by atoms with E-state index < -0.39 is 44.2 Å². The van der Waals surface area contributed by atoms with E-state index in [9.17, 15) is 36.9 Å². The van der Waals surface area contributed by atoms with Crippen LogP contribution >= 0.6 is 11.3 Å². The number of nitro groups is 1. The third kappa shape index (κ3) is 5.63. The van der Waals surface area contributed by atoms with Crippen LogP contribution in [0.25, 0.3) is 26.3 Å². The summed E-state index contributed by atoms with van der Waals surface area (Å²) in [5, 5.41) is 11.4. The number of non-ortho nitro benzene ring substituents is 1. The minimum atomic E-state index is -3.57. The van der Waals surface area contributed by atoms with Gasteiger partial charge in [0.05, 0.1) is 27.4 Å². The quantitative estimate of drug-likeness (QED) is 0.182. The summed E-state index contributed by atoms with van der Waals surface area (Å²) < 4.78 is 55.6. The van der Waals surface area contributed by atoms with Crippen molar-refractivity contribution >= 4 is 37.1 Å². The largest absolute Gasteiger partial charge is 0.337 e. The van der Waals surface area contributed by atoms with Crippen molar-refractivity contribution in [2.24, 2.45) is 0 Å². The molecule has 0 fully saturated rings. The molecule has 0 spiro atoms. The van der Waals surface area contributed by atoms with Gasteiger partial charge in [-0.25, -0.2) is 26.6 Å². The Morgan fingerprint density at radius 3 is 2.07 bits per heavy atom. The fourth-order valence-electron chi connectivity index (χ4n) is 4.75. The van der Waals surface area contributed by atoms with Crippen molar-refractivity contribution in [2.45, 2.75) is 18.0 Å². The van der Waals surface area contributed by atoms with Crippen LogP contribution in [0.2, 0.25) is 0 Å². The number of nitrogens with zero attached hydrogens (tertiary/aromatic N) is 4. The van der Waals surface area contributed by atoms with Crippen molar-refractivity contribution in [3.63, 3.8) is 0 Å². The Bertz CT molecular complexity index is 2100. The average molecular weight is 627 g/mol. The summed E-state index contributed by atoms with van der Waals surface area (Å²) in [4.78, 5) is 41.3. The predicted molar refractivity (Wildman–Crippen MR) is 160 cm³/mol. The van der Waals surface area contributed by atoms with Crippen LogP contribution in [0.1, 0.15) is 11.1 Å². The van der Waals surface area contributed by atoms with Gasteiger partial charge in [0.1, 0.15) is 16.5 Å². The lowest BCUT2D eigenvalue weighted by Crippen LogP contribution is -2.39. The highest BCUT2D eigenvalue weighted by atomic mass is 32.2. The molecule has 0 aliphatic rings. The van der Waals surface area contributed by atoms with E-state index >= 15 is 0 Å². The smallest absolute Gasteiger partial charge is 0.305 e. The normalized spacial score (nSPS) is 11.9. The van der Waals surface area contributed by atoms with Gasteiger partial charge in [-0.3, -0.25) is 19.5 Å². The van der Waals surface area contributed by atoms with Crippen molar-refractivity contribution in [1.82, 2.24) is 14.0 Å². The molecule has 0 aliphatic carbocycles. The van der Waals surface area contributed by atoms with Crippen molar-refractivity contribution in [1.29, 1.82) is 0 Å². The van der Waals surface area contributed by atoms with E-state index in [1.54, 1.807) is 19.0 Å². The number of rotatable bonds is 8. The van der Waals surface area contributed by atoms with E-state index in [2.05, 4.69) is 0 Å². The molecule has 0 unspecified atom stereocenters. The van der Waals surface area contributed by atoms with Crippen LogP contribution in [-0.4, -0.2) is 47.7 Å². The number of hydrogen-bond donors (Lipinski definition) is 0. The lowest BCUT2D eigenvalue weighted by atomic mass is 10.1. The number of aromatic nitrogens is 2. The molecule has 0 N–H and O–H groups in total.